The second kappa shape index (κ2) is 8.20. The van der Waals surface area contributed by atoms with Gasteiger partial charge in [0.25, 0.3) is 5.56 Å². The summed E-state index contributed by atoms with van der Waals surface area (Å²) in [6, 6.07) is 0. The van der Waals surface area contributed by atoms with Gasteiger partial charge in [-0.25, -0.2) is 4.98 Å². The van der Waals surface area contributed by atoms with Crippen molar-refractivity contribution < 1.29 is 0 Å². The van der Waals surface area contributed by atoms with Crippen LogP contribution in [0.1, 0.15) is 69.5 Å². The number of unbranched alkanes of at least 4 members (excludes halogenated alkanes) is 4. The highest BCUT2D eigenvalue weighted by Gasteiger charge is 2.15. The average Bonchev–Trinajstić information content (AvgIpc) is 2.50. The Morgan fingerprint density at radius 2 is 1.81 bits per heavy atom. The third-order valence-corrected chi connectivity index (χ3v) is 4.40. The molecule has 1 saturated heterocycles. The molecule has 1 N–H and O–H groups in total. The Labute approximate surface area is 128 Å². The minimum absolute atomic E-state index is 0.0681. The molecule has 0 spiro atoms. The molecule has 0 saturated carbocycles. The van der Waals surface area contributed by atoms with E-state index in [0.29, 0.717) is 0 Å². The second-order valence-corrected chi connectivity index (χ2v) is 6.17. The van der Waals surface area contributed by atoms with Crippen LogP contribution in [0.15, 0.2) is 4.79 Å². The van der Waals surface area contributed by atoms with Gasteiger partial charge in [0, 0.05) is 24.3 Å². The summed E-state index contributed by atoms with van der Waals surface area (Å²) in [7, 11) is 0. The van der Waals surface area contributed by atoms with E-state index in [1.807, 2.05) is 6.92 Å². The van der Waals surface area contributed by atoms with E-state index in [2.05, 4.69) is 21.8 Å². The van der Waals surface area contributed by atoms with Crippen LogP contribution in [0.4, 0.5) is 5.95 Å². The SMILES string of the molecule is CCCCCCCc1c(C)nc(N2CCCCC2)[nH]c1=O. The second-order valence-electron chi connectivity index (χ2n) is 6.17. The molecule has 1 aliphatic rings. The lowest BCUT2D eigenvalue weighted by Gasteiger charge is -2.27. The van der Waals surface area contributed by atoms with Crippen LogP contribution in [0.2, 0.25) is 0 Å². The number of hydrogen-bond acceptors (Lipinski definition) is 3. The van der Waals surface area contributed by atoms with E-state index in [9.17, 15) is 4.79 Å². The molecule has 0 aliphatic carbocycles. The number of aromatic nitrogens is 2. The fraction of sp³-hybridized carbons (Fsp3) is 0.765. The van der Waals surface area contributed by atoms with Crippen molar-refractivity contribution in [3.8, 4) is 0 Å². The standard InChI is InChI=1S/C17H29N3O/c1-3-4-5-6-8-11-15-14(2)18-17(19-16(15)21)20-12-9-7-10-13-20/h3-13H2,1-2H3,(H,18,19,21). The van der Waals surface area contributed by atoms with Gasteiger partial charge in [-0.1, -0.05) is 32.6 Å². The summed E-state index contributed by atoms with van der Waals surface area (Å²) in [5.41, 5.74) is 1.86. The minimum atomic E-state index is 0.0681. The Morgan fingerprint density at radius 1 is 1.10 bits per heavy atom. The van der Waals surface area contributed by atoms with Gasteiger partial charge in [0.15, 0.2) is 0 Å². The number of aryl methyl sites for hydroxylation is 1. The molecule has 118 valence electrons. The van der Waals surface area contributed by atoms with Crippen molar-refractivity contribution in [3.63, 3.8) is 0 Å². The number of nitrogens with zero attached hydrogens (tertiary/aromatic N) is 2. The highest BCUT2D eigenvalue weighted by molar-refractivity contribution is 5.33. The monoisotopic (exact) mass is 291 g/mol. The largest absolute Gasteiger partial charge is 0.342 e. The number of aromatic amines is 1. The maximum absolute atomic E-state index is 12.3. The van der Waals surface area contributed by atoms with Crippen molar-refractivity contribution in [2.75, 3.05) is 18.0 Å². The summed E-state index contributed by atoms with van der Waals surface area (Å²) in [6.07, 6.45) is 10.7. The first kappa shape index (κ1) is 16.1. The first-order valence-electron chi connectivity index (χ1n) is 8.57. The number of rotatable bonds is 7. The normalized spacial score (nSPS) is 15.4. The molecule has 4 heteroatoms. The molecule has 1 aromatic rings. The first-order valence-corrected chi connectivity index (χ1v) is 8.57. The smallest absolute Gasteiger partial charge is 0.255 e. The summed E-state index contributed by atoms with van der Waals surface area (Å²) in [5.74, 6) is 0.770. The van der Waals surface area contributed by atoms with E-state index in [1.54, 1.807) is 0 Å². The Balaban J connectivity index is 1.98. The topological polar surface area (TPSA) is 49.0 Å². The van der Waals surface area contributed by atoms with Crippen molar-refractivity contribution in [1.82, 2.24) is 9.97 Å². The highest BCUT2D eigenvalue weighted by atomic mass is 16.1. The lowest BCUT2D eigenvalue weighted by Crippen LogP contribution is -2.33. The maximum atomic E-state index is 12.3. The molecule has 4 nitrogen and oxygen atoms in total. The van der Waals surface area contributed by atoms with Gasteiger partial charge < -0.3 is 4.90 Å². The number of anilines is 1. The van der Waals surface area contributed by atoms with Crippen LogP contribution in [-0.4, -0.2) is 23.1 Å². The van der Waals surface area contributed by atoms with E-state index >= 15 is 0 Å². The molecule has 1 aromatic heterocycles. The minimum Gasteiger partial charge on any atom is -0.342 e. The molecule has 21 heavy (non-hydrogen) atoms. The molecule has 1 aliphatic heterocycles. The Kier molecular flexibility index (Phi) is 6.27. The molecular weight excluding hydrogens is 262 g/mol. The van der Waals surface area contributed by atoms with Crippen LogP contribution in [-0.2, 0) is 6.42 Å². The van der Waals surface area contributed by atoms with E-state index in [0.717, 1.165) is 43.1 Å². The van der Waals surface area contributed by atoms with Crippen LogP contribution in [0.3, 0.4) is 0 Å². The van der Waals surface area contributed by atoms with Crippen molar-refractivity contribution in [3.05, 3.63) is 21.6 Å². The Morgan fingerprint density at radius 3 is 2.48 bits per heavy atom. The lowest BCUT2D eigenvalue weighted by atomic mass is 10.1. The summed E-state index contributed by atoms with van der Waals surface area (Å²) in [5, 5.41) is 0. The van der Waals surface area contributed by atoms with Gasteiger partial charge >= 0.3 is 0 Å². The molecule has 0 atom stereocenters. The summed E-state index contributed by atoms with van der Waals surface area (Å²) in [4.78, 5) is 22.2. The van der Waals surface area contributed by atoms with Crippen molar-refractivity contribution in [2.45, 2.75) is 71.6 Å². The van der Waals surface area contributed by atoms with E-state index in [4.69, 9.17) is 0 Å². The van der Waals surface area contributed by atoms with Crippen molar-refractivity contribution >= 4 is 5.95 Å². The van der Waals surface area contributed by atoms with Crippen LogP contribution in [0, 0.1) is 6.92 Å². The van der Waals surface area contributed by atoms with Gasteiger partial charge in [-0.2, -0.15) is 0 Å². The van der Waals surface area contributed by atoms with Crippen LogP contribution >= 0.6 is 0 Å². The van der Waals surface area contributed by atoms with Crippen molar-refractivity contribution in [2.24, 2.45) is 0 Å². The summed E-state index contributed by atoms with van der Waals surface area (Å²) < 4.78 is 0. The Hall–Kier alpha value is -1.32. The quantitative estimate of drug-likeness (QED) is 0.781. The average molecular weight is 291 g/mol. The molecule has 0 bridgehead atoms. The van der Waals surface area contributed by atoms with Crippen LogP contribution in [0.5, 0.6) is 0 Å². The molecule has 1 fully saturated rings. The van der Waals surface area contributed by atoms with Crippen LogP contribution < -0.4 is 10.5 Å². The molecule has 0 aromatic carbocycles. The predicted octanol–water partition coefficient (Wildman–Crippen LogP) is 3.58. The van der Waals surface area contributed by atoms with Crippen LogP contribution in [0.25, 0.3) is 0 Å². The zero-order valence-corrected chi connectivity index (χ0v) is 13.6. The maximum Gasteiger partial charge on any atom is 0.255 e. The molecule has 0 amide bonds. The Bertz CT molecular complexity index is 489. The first-order chi connectivity index (χ1) is 10.2. The van der Waals surface area contributed by atoms with E-state index < -0.39 is 0 Å². The van der Waals surface area contributed by atoms with E-state index in [-0.39, 0.29) is 5.56 Å². The molecule has 0 unspecified atom stereocenters. The van der Waals surface area contributed by atoms with Gasteiger partial charge in [0.1, 0.15) is 0 Å². The van der Waals surface area contributed by atoms with Crippen molar-refractivity contribution in [1.29, 1.82) is 0 Å². The summed E-state index contributed by atoms with van der Waals surface area (Å²) in [6.45, 7) is 6.22. The summed E-state index contributed by atoms with van der Waals surface area (Å²) >= 11 is 0. The van der Waals surface area contributed by atoms with Gasteiger partial charge in [-0.05, 0) is 39.0 Å². The zero-order chi connectivity index (χ0) is 15.1. The fourth-order valence-corrected chi connectivity index (χ4v) is 3.05. The molecule has 2 heterocycles. The highest BCUT2D eigenvalue weighted by Crippen LogP contribution is 2.16. The third-order valence-electron chi connectivity index (χ3n) is 4.40. The number of H-pyrrole nitrogens is 1. The third kappa shape index (κ3) is 4.58. The molecule has 2 rings (SSSR count). The van der Waals surface area contributed by atoms with E-state index in [1.165, 1.54) is 44.9 Å². The fourth-order valence-electron chi connectivity index (χ4n) is 3.05. The number of piperidine rings is 1. The van der Waals surface area contributed by atoms with Gasteiger partial charge in [-0.3, -0.25) is 9.78 Å². The number of nitrogens with one attached hydrogen (secondary N) is 1. The molecule has 0 radical (unpaired) electrons. The zero-order valence-electron chi connectivity index (χ0n) is 13.6. The van der Waals surface area contributed by atoms with Gasteiger partial charge in [0.05, 0.1) is 0 Å². The number of hydrogen-bond donors (Lipinski definition) is 1. The van der Waals surface area contributed by atoms with Gasteiger partial charge in [0.2, 0.25) is 5.95 Å². The van der Waals surface area contributed by atoms with Gasteiger partial charge in [-0.15, -0.1) is 0 Å². The lowest BCUT2D eigenvalue weighted by molar-refractivity contribution is 0.566. The molecular formula is C17H29N3O. The predicted molar refractivity (Wildman–Crippen MR) is 88.1 cm³/mol.